The molecule has 0 aromatic heterocycles. The third-order valence-electron chi connectivity index (χ3n) is 1.69. The van der Waals surface area contributed by atoms with Crippen molar-refractivity contribution in [3.05, 3.63) is 34.4 Å². The topological polar surface area (TPSA) is 113 Å². The summed E-state index contributed by atoms with van der Waals surface area (Å²) in [4.78, 5) is 9.96. The van der Waals surface area contributed by atoms with E-state index in [1.54, 1.807) is 6.07 Å². The maximum absolute atomic E-state index is 10.6. The van der Waals surface area contributed by atoms with E-state index in [0.29, 0.717) is 0 Å². The van der Waals surface area contributed by atoms with Gasteiger partial charge in [-0.25, -0.2) is 13.6 Å². The molecule has 0 aliphatic heterocycles. The molecule has 0 spiro atoms. The van der Waals surface area contributed by atoms with Gasteiger partial charge in [0.25, 0.3) is 0 Å². The number of para-hydroxylation sites is 2. The Bertz CT molecular complexity index is 485. The summed E-state index contributed by atoms with van der Waals surface area (Å²) in [7, 11) is -3.62. The van der Waals surface area contributed by atoms with Crippen molar-refractivity contribution in [2.75, 3.05) is 12.4 Å². The molecule has 1 rings (SSSR count). The van der Waals surface area contributed by atoms with Crippen LogP contribution in [-0.4, -0.2) is 25.7 Å². The maximum Gasteiger partial charge on any atom is 0.310 e. The van der Waals surface area contributed by atoms with Gasteiger partial charge >= 0.3 is 5.69 Å². The summed E-state index contributed by atoms with van der Waals surface area (Å²) in [6.07, 6.45) is 0. The van der Waals surface area contributed by atoms with E-state index in [1.807, 2.05) is 0 Å². The number of primary sulfonamides is 1. The van der Waals surface area contributed by atoms with Crippen molar-refractivity contribution in [2.24, 2.45) is 5.14 Å². The number of hydrogen-bond donors (Lipinski definition) is 1. The predicted octanol–water partition coefficient (Wildman–Crippen LogP) is 0.262. The molecule has 0 atom stereocenters. The van der Waals surface area contributed by atoms with Crippen LogP contribution in [0.1, 0.15) is 0 Å². The Morgan fingerprint density at radius 2 is 2.00 bits per heavy atom. The first kappa shape index (κ1) is 12.4. The lowest BCUT2D eigenvalue weighted by Crippen LogP contribution is -2.21. The van der Waals surface area contributed by atoms with E-state index in [0.717, 1.165) is 0 Å². The molecule has 0 aliphatic rings. The van der Waals surface area contributed by atoms with Gasteiger partial charge in [0.05, 0.1) is 10.7 Å². The van der Waals surface area contributed by atoms with Crippen LogP contribution in [0, 0.1) is 10.1 Å². The zero-order chi connectivity index (χ0) is 12.2. The van der Waals surface area contributed by atoms with E-state index in [4.69, 9.17) is 9.88 Å². The van der Waals surface area contributed by atoms with Crippen LogP contribution < -0.4 is 9.88 Å². The minimum Gasteiger partial charge on any atom is -0.486 e. The van der Waals surface area contributed by atoms with Crippen molar-refractivity contribution in [3.63, 3.8) is 0 Å². The molecule has 8 heteroatoms. The van der Waals surface area contributed by atoms with Crippen LogP contribution >= 0.6 is 0 Å². The van der Waals surface area contributed by atoms with Gasteiger partial charge in [0.15, 0.2) is 5.75 Å². The fraction of sp³-hybridized carbons (Fsp3) is 0.250. The van der Waals surface area contributed by atoms with Gasteiger partial charge in [-0.2, -0.15) is 0 Å². The minimum absolute atomic E-state index is 0.0242. The number of sulfonamides is 1. The minimum atomic E-state index is -3.62. The molecule has 0 heterocycles. The molecule has 0 aliphatic carbocycles. The average Bonchev–Trinajstić information content (AvgIpc) is 2.16. The Labute approximate surface area is 92.0 Å². The first-order chi connectivity index (χ1) is 7.40. The Morgan fingerprint density at radius 3 is 2.56 bits per heavy atom. The van der Waals surface area contributed by atoms with Crippen molar-refractivity contribution >= 4 is 15.7 Å². The SMILES string of the molecule is NS(=O)(=O)CCOc1ccccc1[N+](=O)[O-]. The van der Waals surface area contributed by atoms with Crippen LogP contribution in [0.2, 0.25) is 0 Å². The molecule has 0 unspecified atom stereocenters. The normalized spacial score (nSPS) is 11.1. The third kappa shape index (κ3) is 3.83. The molecule has 0 radical (unpaired) electrons. The van der Waals surface area contributed by atoms with Crippen molar-refractivity contribution in [1.82, 2.24) is 0 Å². The molecule has 88 valence electrons. The standard InChI is InChI=1S/C8H10N2O5S/c9-16(13,14)6-5-15-8-4-2-1-3-7(8)10(11)12/h1-4H,5-6H2,(H2,9,13,14). The summed E-state index contributed by atoms with van der Waals surface area (Å²) in [5.41, 5.74) is -0.211. The summed E-state index contributed by atoms with van der Waals surface area (Å²) in [6.45, 7) is -0.219. The number of hydrogen-bond acceptors (Lipinski definition) is 5. The summed E-state index contributed by atoms with van der Waals surface area (Å²) >= 11 is 0. The van der Waals surface area contributed by atoms with Crippen molar-refractivity contribution in [2.45, 2.75) is 0 Å². The average molecular weight is 246 g/mol. The van der Waals surface area contributed by atoms with Gasteiger partial charge in [0, 0.05) is 6.07 Å². The molecule has 0 fully saturated rings. The largest absolute Gasteiger partial charge is 0.486 e. The molecule has 2 N–H and O–H groups in total. The lowest BCUT2D eigenvalue weighted by Gasteiger charge is -2.05. The molecule has 0 saturated carbocycles. The molecular formula is C8H10N2O5S. The van der Waals surface area contributed by atoms with E-state index in [2.05, 4.69) is 0 Å². The molecule has 0 bridgehead atoms. The van der Waals surface area contributed by atoms with Crippen molar-refractivity contribution in [3.8, 4) is 5.75 Å². The van der Waals surface area contributed by atoms with E-state index in [1.165, 1.54) is 18.2 Å². The second kappa shape index (κ2) is 4.90. The van der Waals surface area contributed by atoms with Gasteiger partial charge in [0.2, 0.25) is 10.0 Å². The van der Waals surface area contributed by atoms with Crippen LogP contribution in [0.5, 0.6) is 5.75 Å². The smallest absolute Gasteiger partial charge is 0.310 e. The number of nitrogens with zero attached hydrogens (tertiary/aromatic N) is 1. The number of nitro benzene ring substituents is 1. The highest BCUT2D eigenvalue weighted by Crippen LogP contribution is 2.25. The van der Waals surface area contributed by atoms with E-state index < -0.39 is 14.9 Å². The second-order valence-electron chi connectivity index (χ2n) is 2.94. The number of benzene rings is 1. The number of rotatable bonds is 5. The number of nitro groups is 1. The van der Waals surface area contributed by atoms with Gasteiger partial charge in [-0.3, -0.25) is 10.1 Å². The van der Waals surface area contributed by atoms with Crippen molar-refractivity contribution in [1.29, 1.82) is 0 Å². The van der Waals surface area contributed by atoms with Crippen LogP contribution in [0.25, 0.3) is 0 Å². The van der Waals surface area contributed by atoms with Crippen LogP contribution in [0.4, 0.5) is 5.69 Å². The Balaban J connectivity index is 2.71. The molecule has 0 saturated heterocycles. The Morgan fingerprint density at radius 1 is 1.38 bits per heavy atom. The van der Waals surface area contributed by atoms with Gasteiger partial charge < -0.3 is 4.74 Å². The molecule has 1 aromatic carbocycles. The molecule has 16 heavy (non-hydrogen) atoms. The fourth-order valence-electron chi connectivity index (χ4n) is 0.998. The molecule has 0 amide bonds. The lowest BCUT2D eigenvalue weighted by molar-refractivity contribution is -0.385. The van der Waals surface area contributed by atoms with E-state index >= 15 is 0 Å². The first-order valence-electron chi connectivity index (χ1n) is 4.27. The highest BCUT2D eigenvalue weighted by molar-refractivity contribution is 7.89. The van der Waals surface area contributed by atoms with Crippen molar-refractivity contribution < 1.29 is 18.1 Å². The maximum atomic E-state index is 10.6. The summed E-state index contributed by atoms with van der Waals surface area (Å²) < 4.78 is 26.2. The number of ether oxygens (including phenoxy) is 1. The van der Waals surface area contributed by atoms with E-state index in [-0.39, 0.29) is 23.8 Å². The van der Waals surface area contributed by atoms with Gasteiger partial charge in [-0.15, -0.1) is 0 Å². The zero-order valence-electron chi connectivity index (χ0n) is 8.20. The van der Waals surface area contributed by atoms with Crippen LogP contribution in [0.3, 0.4) is 0 Å². The first-order valence-corrected chi connectivity index (χ1v) is 5.98. The van der Waals surface area contributed by atoms with Gasteiger partial charge in [0.1, 0.15) is 6.61 Å². The third-order valence-corrected chi connectivity index (χ3v) is 2.42. The molecular weight excluding hydrogens is 236 g/mol. The quantitative estimate of drug-likeness (QED) is 0.591. The second-order valence-corrected chi connectivity index (χ2v) is 4.67. The monoisotopic (exact) mass is 246 g/mol. The highest BCUT2D eigenvalue weighted by atomic mass is 32.2. The Hall–Kier alpha value is -1.67. The predicted molar refractivity (Wildman–Crippen MR) is 56.6 cm³/mol. The van der Waals surface area contributed by atoms with Gasteiger partial charge in [-0.05, 0) is 6.07 Å². The highest BCUT2D eigenvalue weighted by Gasteiger charge is 2.14. The summed E-state index contributed by atoms with van der Waals surface area (Å²) in [5, 5.41) is 15.3. The number of nitrogens with two attached hydrogens (primary N) is 1. The summed E-state index contributed by atoms with van der Waals surface area (Å²) in [5.74, 6) is -0.366. The summed E-state index contributed by atoms with van der Waals surface area (Å²) in [6, 6.07) is 5.71. The van der Waals surface area contributed by atoms with Crippen LogP contribution in [-0.2, 0) is 10.0 Å². The molecule has 7 nitrogen and oxygen atoms in total. The molecule has 1 aromatic rings. The Kier molecular flexibility index (Phi) is 3.80. The zero-order valence-corrected chi connectivity index (χ0v) is 9.01. The van der Waals surface area contributed by atoms with E-state index in [9.17, 15) is 18.5 Å². The van der Waals surface area contributed by atoms with Crippen LogP contribution in [0.15, 0.2) is 24.3 Å². The lowest BCUT2D eigenvalue weighted by atomic mass is 10.3. The van der Waals surface area contributed by atoms with Gasteiger partial charge in [-0.1, -0.05) is 12.1 Å². The fourth-order valence-corrected chi connectivity index (χ4v) is 1.31.